The van der Waals surface area contributed by atoms with Crippen molar-refractivity contribution in [2.45, 2.75) is 44.1 Å². The molecule has 2 N–H and O–H groups in total. The van der Waals surface area contributed by atoms with Crippen LogP contribution in [0.4, 0.5) is 4.79 Å². The molecule has 8 heteroatoms. The molecule has 0 aliphatic carbocycles. The van der Waals surface area contributed by atoms with E-state index < -0.39 is 11.6 Å². The van der Waals surface area contributed by atoms with E-state index in [-0.39, 0.29) is 24.7 Å². The van der Waals surface area contributed by atoms with Crippen LogP contribution < -0.4 is 15.4 Å². The van der Waals surface area contributed by atoms with Crippen LogP contribution in [-0.2, 0) is 9.59 Å². The fourth-order valence-corrected chi connectivity index (χ4v) is 4.03. The Labute approximate surface area is 163 Å². The fraction of sp³-hybridized carbons (Fsp3) is 0.526. The highest BCUT2D eigenvalue weighted by atomic mass is 35.5. The van der Waals surface area contributed by atoms with Gasteiger partial charge in [-0.05, 0) is 43.7 Å². The van der Waals surface area contributed by atoms with Crippen LogP contribution >= 0.6 is 11.6 Å². The van der Waals surface area contributed by atoms with Crippen molar-refractivity contribution in [3.05, 3.63) is 28.8 Å². The smallest absolute Gasteiger partial charge is 0.322 e. The van der Waals surface area contributed by atoms with Gasteiger partial charge in [-0.1, -0.05) is 23.7 Å². The van der Waals surface area contributed by atoms with Gasteiger partial charge in [0, 0.05) is 19.5 Å². The zero-order chi connectivity index (χ0) is 19.6. The summed E-state index contributed by atoms with van der Waals surface area (Å²) in [7, 11) is 1.61. The highest BCUT2D eigenvalue weighted by Crippen LogP contribution is 2.38. The maximum absolute atomic E-state index is 12.5. The number of amides is 4. The first-order valence-electron chi connectivity index (χ1n) is 9.08. The Kier molecular flexibility index (Phi) is 5.60. The SMILES string of the molecule is COc1c(Cl)cccc1C1CCN(C(=O)CC[C@@]2(C)NC(=O)NC2=O)CC1. The number of piperidine rings is 1. The molecule has 27 heavy (non-hydrogen) atoms. The number of benzene rings is 1. The van der Waals surface area contributed by atoms with E-state index in [1.54, 1.807) is 20.1 Å². The molecule has 2 fully saturated rings. The van der Waals surface area contributed by atoms with Gasteiger partial charge in [0.15, 0.2) is 0 Å². The van der Waals surface area contributed by atoms with Gasteiger partial charge in [0.05, 0.1) is 12.1 Å². The van der Waals surface area contributed by atoms with Gasteiger partial charge >= 0.3 is 6.03 Å². The normalized spacial score (nSPS) is 23.1. The predicted octanol–water partition coefficient (Wildman–Crippen LogP) is 2.43. The maximum Gasteiger partial charge on any atom is 0.322 e. The van der Waals surface area contributed by atoms with Gasteiger partial charge in [-0.2, -0.15) is 0 Å². The zero-order valence-corrected chi connectivity index (χ0v) is 16.3. The summed E-state index contributed by atoms with van der Waals surface area (Å²) in [5.74, 6) is 0.619. The number of carbonyl (C=O) groups is 3. The number of urea groups is 1. The lowest BCUT2D eigenvalue weighted by atomic mass is 9.88. The minimum absolute atomic E-state index is 0.00156. The standard InChI is InChI=1S/C19H24ClN3O4/c1-19(17(25)21-18(26)22-19)9-6-15(24)23-10-7-12(8-11-23)13-4-3-5-14(20)16(13)27-2/h3-5,12H,6-11H2,1-2H3,(H2,21,22,25,26)/t19-/m1/s1. The van der Waals surface area contributed by atoms with E-state index in [0.717, 1.165) is 18.4 Å². The average Bonchev–Trinajstić information content (AvgIpc) is 2.91. The van der Waals surface area contributed by atoms with Crippen molar-refractivity contribution in [1.29, 1.82) is 0 Å². The van der Waals surface area contributed by atoms with Crippen molar-refractivity contribution in [3.63, 3.8) is 0 Å². The number of imide groups is 1. The molecule has 2 aliphatic rings. The van der Waals surface area contributed by atoms with Crippen molar-refractivity contribution in [2.24, 2.45) is 0 Å². The highest BCUT2D eigenvalue weighted by molar-refractivity contribution is 6.32. The third-order valence-corrected chi connectivity index (χ3v) is 5.74. The van der Waals surface area contributed by atoms with E-state index in [2.05, 4.69) is 10.6 Å². The number of halogens is 1. The molecule has 2 saturated heterocycles. The van der Waals surface area contributed by atoms with Crippen LogP contribution in [0.3, 0.4) is 0 Å². The lowest BCUT2D eigenvalue weighted by Crippen LogP contribution is -2.45. The minimum atomic E-state index is -1.01. The molecule has 0 radical (unpaired) electrons. The third-order valence-electron chi connectivity index (χ3n) is 5.45. The lowest BCUT2D eigenvalue weighted by molar-refractivity contribution is -0.133. The number of likely N-dealkylation sites (tertiary alicyclic amines) is 1. The van der Waals surface area contributed by atoms with Gasteiger partial charge in [0.2, 0.25) is 5.91 Å². The topological polar surface area (TPSA) is 87.7 Å². The van der Waals surface area contributed by atoms with Crippen molar-refractivity contribution < 1.29 is 19.1 Å². The van der Waals surface area contributed by atoms with Gasteiger partial charge < -0.3 is 15.0 Å². The number of rotatable bonds is 5. The summed E-state index contributed by atoms with van der Waals surface area (Å²) in [5, 5.41) is 5.40. The van der Waals surface area contributed by atoms with Gasteiger partial charge in [0.25, 0.3) is 5.91 Å². The second kappa shape index (κ2) is 7.76. The molecular weight excluding hydrogens is 370 g/mol. The fourth-order valence-electron chi connectivity index (χ4n) is 3.77. The Morgan fingerprint density at radius 2 is 2.04 bits per heavy atom. The quantitative estimate of drug-likeness (QED) is 0.752. The molecule has 146 valence electrons. The largest absolute Gasteiger partial charge is 0.495 e. The van der Waals surface area contributed by atoms with Gasteiger partial charge in [-0.25, -0.2) is 4.79 Å². The lowest BCUT2D eigenvalue weighted by Gasteiger charge is -2.33. The van der Waals surface area contributed by atoms with Crippen molar-refractivity contribution in [3.8, 4) is 5.75 Å². The van der Waals surface area contributed by atoms with E-state index >= 15 is 0 Å². The molecule has 1 atom stereocenters. The molecule has 3 rings (SSSR count). The van der Waals surface area contributed by atoms with Crippen LogP contribution in [0.1, 0.15) is 44.1 Å². The molecule has 1 aromatic rings. The number of ether oxygens (including phenoxy) is 1. The number of hydrogen-bond acceptors (Lipinski definition) is 4. The molecule has 0 saturated carbocycles. The van der Waals surface area contributed by atoms with Crippen molar-refractivity contribution in [2.75, 3.05) is 20.2 Å². The van der Waals surface area contributed by atoms with E-state index in [4.69, 9.17) is 16.3 Å². The Hall–Kier alpha value is -2.28. The summed E-state index contributed by atoms with van der Waals surface area (Å²) in [6.07, 6.45) is 2.16. The van der Waals surface area contributed by atoms with Crippen LogP contribution in [0.15, 0.2) is 18.2 Å². The Morgan fingerprint density at radius 3 is 2.63 bits per heavy atom. The first-order chi connectivity index (χ1) is 12.8. The van der Waals surface area contributed by atoms with Crippen molar-refractivity contribution in [1.82, 2.24) is 15.5 Å². The molecule has 0 unspecified atom stereocenters. The van der Waals surface area contributed by atoms with Crippen LogP contribution in [0.5, 0.6) is 5.75 Å². The summed E-state index contributed by atoms with van der Waals surface area (Å²) in [5.41, 5.74) is 0.0640. The summed E-state index contributed by atoms with van der Waals surface area (Å²) < 4.78 is 5.44. The van der Waals surface area contributed by atoms with Crippen LogP contribution in [0, 0.1) is 0 Å². The maximum atomic E-state index is 12.5. The second-order valence-electron chi connectivity index (χ2n) is 7.26. The Bertz CT molecular complexity index is 761. The van der Waals surface area contributed by atoms with Crippen LogP contribution in [-0.4, -0.2) is 48.5 Å². The van der Waals surface area contributed by atoms with Crippen LogP contribution in [0.2, 0.25) is 5.02 Å². The zero-order valence-electron chi connectivity index (χ0n) is 15.5. The minimum Gasteiger partial charge on any atom is -0.495 e. The first-order valence-corrected chi connectivity index (χ1v) is 9.45. The summed E-state index contributed by atoms with van der Waals surface area (Å²) in [4.78, 5) is 37.5. The van der Waals surface area contributed by atoms with E-state index in [0.29, 0.717) is 29.8 Å². The molecule has 0 spiro atoms. The van der Waals surface area contributed by atoms with E-state index in [9.17, 15) is 14.4 Å². The molecule has 0 aromatic heterocycles. The molecule has 7 nitrogen and oxygen atoms in total. The summed E-state index contributed by atoms with van der Waals surface area (Å²) in [6, 6.07) is 5.24. The Balaban J connectivity index is 1.55. The summed E-state index contributed by atoms with van der Waals surface area (Å²) >= 11 is 6.21. The molecular formula is C19H24ClN3O4. The van der Waals surface area contributed by atoms with E-state index in [1.165, 1.54) is 0 Å². The molecule has 1 aromatic carbocycles. The van der Waals surface area contributed by atoms with Gasteiger partial charge in [-0.3, -0.25) is 14.9 Å². The third kappa shape index (κ3) is 4.03. The Morgan fingerprint density at radius 1 is 1.33 bits per heavy atom. The summed E-state index contributed by atoms with van der Waals surface area (Å²) in [6.45, 7) is 2.93. The average molecular weight is 394 g/mol. The monoisotopic (exact) mass is 393 g/mol. The highest BCUT2D eigenvalue weighted by Gasteiger charge is 2.42. The second-order valence-corrected chi connectivity index (χ2v) is 7.66. The van der Waals surface area contributed by atoms with Crippen LogP contribution in [0.25, 0.3) is 0 Å². The number of nitrogens with one attached hydrogen (secondary N) is 2. The van der Waals surface area contributed by atoms with Crippen molar-refractivity contribution >= 4 is 29.4 Å². The number of methoxy groups -OCH3 is 1. The molecule has 4 amide bonds. The first kappa shape index (κ1) is 19.5. The van der Waals surface area contributed by atoms with Gasteiger partial charge in [0.1, 0.15) is 11.3 Å². The van der Waals surface area contributed by atoms with Gasteiger partial charge in [-0.15, -0.1) is 0 Å². The predicted molar refractivity (Wildman–Crippen MR) is 101 cm³/mol. The molecule has 0 bridgehead atoms. The van der Waals surface area contributed by atoms with E-state index in [1.807, 2.05) is 17.0 Å². The number of para-hydroxylation sites is 1. The molecule has 2 heterocycles. The number of hydrogen-bond donors (Lipinski definition) is 2. The number of carbonyl (C=O) groups excluding carboxylic acids is 3. The molecule has 2 aliphatic heterocycles. The number of nitrogens with zero attached hydrogens (tertiary/aromatic N) is 1.